The van der Waals surface area contributed by atoms with Gasteiger partial charge in [-0.25, -0.2) is 4.98 Å². The predicted molar refractivity (Wildman–Crippen MR) is 122 cm³/mol. The number of hydrogen-bond acceptors (Lipinski definition) is 5. The van der Waals surface area contributed by atoms with E-state index in [9.17, 15) is 9.59 Å². The number of anilines is 1. The van der Waals surface area contributed by atoms with Crippen LogP contribution < -0.4 is 4.90 Å². The fourth-order valence-corrected chi connectivity index (χ4v) is 3.99. The number of hydrogen-bond donors (Lipinski definition) is 0. The van der Waals surface area contributed by atoms with Crippen molar-refractivity contribution in [3.05, 3.63) is 53.6 Å². The van der Waals surface area contributed by atoms with E-state index in [0.717, 1.165) is 43.1 Å². The molecule has 2 heterocycles. The van der Waals surface area contributed by atoms with Crippen molar-refractivity contribution in [3.63, 3.8) is 0 Å². The van der Waals surface area contributed by atoms with Crippen molar-refractivity contribution in [3.8, 4) is 0 Å². The van der Waals surface area contributed by atoms with E-state index in [0.29, 0.717) is 38.3 Å². The number of halogens is 1. The highest BCUT2D eigenvalue weighted by molar-refractivity contribution is 6.33. The maximum absolute atomic E-state index is 12.8. The van der Waals surface area contributed by atoms with Crippen molar-refractivity contribution in [1.82, 2.24) is 19.8 Å². The summed E-state index contributed by atoms with van der Waals surface area (Å²) in [6.45, 7) is 5.93. The van der Waals surface area contributed by atoms with Gasteiger partial charge in [-0.05, 0) is 18.6 Å². The van der Waals surface area contributed by atoms with E-state index in [2.05, 4.69) is 21.8 Å². The molecular formula is C23H30ClN5O2. The minimum absolute atomic E-state index is 0.0752. The molecule has 166 valence electrons. The van der Waals surface area contributed by atoms with Crippen LogP contribution in [0.1, 0.15) is 43.1 Å². The van der Waals surface area contributed by atoms with Crippen molar-refractivity contribution in [2.45, 2.75) is 32.6 Å². The van der Waals surface area contributed by atoms with Crippen LogP contribution in [0.3, 0.4) is 0 Å². The summed E-state index contributed by atoms with van der Waals surface area (Å²) in [6, 6.07) is 7.78. The summed E-state index contributed by atoms with van der Waals surface area (Å²) < 4.78 is 0. The highest BCUT2D eigenvalue weighted by Crippen LogP contribution is 2.26. The Morgan fingerprint density at radius 1 is 1.06 bits per heavy atom. The molecule has 1 fully saturated rings. The fraction of sp³-hybridized carbons (Fsp3) is 0.478. The SMILES string of the molecule is CCCCCN(CCC(=O)N1CCN(c2ccccc2Cl)CC1)C(=O)c1cnccn1. The van der Waals surface area contributed by atoms with Crippen molar-refractivity contribution in [1.29, 1.82) is 0 Å². The average Bonchev–Trinajstić information content (AvgIpc) is 2.81. The van der Waals surface area contributed by atoms with Crippen LogP contribution in [0.25, 0.3) is 0 Å². The molecule has 1 saturated heterocycles. The van der Waals surface area contributed by atoms with Gasteiger partial charge in [0.15, 0.2) is 0 Å². The van der Waals surface area contributed by atoms with E-state index in [1.54, 1.807) is 11.1 Å². The summed E-state index contributed by atoms with van der Waals surface area (Å²) in [5.41, 5.74) is 1.33. The number of piperazine rings is 1. The molecule has 8 heteroatoms. The number of rotatable bonds is 9. The van der Waals surface area contributed by atoms with Crippen LogP contribution in [0.15, 0.2) is 42.9 Å². The Bertz CT molecular complexity index is 856. The zero-order valence-electron chi connectivity index (χ0n) is 18.0. The summed E-state index contributed by atoms with van der Waals surface area (Å²) >= 11 is 6.30. The monoisotopic (exact) mass is 443 g/mol. The van der Waals surface area contributed by atoms with Crippen LogP contribution >= 0.6 is 11.6 Å². The second kappa shape index (κ2) is 11.6. The van der Waals surface area contributed by atoms with Crippen molar-refractivity contribution in [2.24, 2.45) is 0 Å². The van der Waals surface area contributed by atoms with Gasteiger partial charge in [0, 0.05) is 58.1 Å². The number of aromatic nitrogens is 2. The molecular weight excluding hydrogens is 414 g/mol. The molecule has 2 aromatic rings. The lowest BCUT2D eigenvalue weighted by Gasteiger charge is -2.36. The van der Waals surface area contributed by atoms with Gasteiger partial charge in [-0.3, -0.25) is 14.6 Å². The third-order valence-electron chi connectivity index (χ3n) is 5.52. The molecule has 0 N–H and O–H groups in total. The van der Waals surface area contributed by atoms with Crippen LogP contribution in [0.4, 0.5) is 5.69 Å². The first-order valence-electron chi connectivity index (χ1n) is 10.9. The van der Waals surface area contributed by atoms with Gasteiger partial charge in [-0.2, -0.15) is 0 Å². The fourth-order valence-electron chi connectivity index (χ4n) is 3.73. The van der Waals surface area contributed by atoms with Gasteiger partial charge in [0.2, 0.25) is 5.91 Å². The molecule has 0 unspecified atom stereocenters. The molecule has 0 radical (unpaired) electrons. The molecule has 1 aromatic carbocycles. The number of amides is 2. The Kier molecular flexibility index (Phi) is 8.64. The maximum atomic E-state index is 12.8. The van der Waals surface area contributed by atoms with Gasteiger partial charge >= 0.3 is 0 Å². The topological polar surface area (TPSA) is 69.6 Å². The zero-order chi connectivity index (χ0) is 22.1. The molecule has 7 nitrogen and oxygen atoms in total. The van der Waals surface area contributed by atoms with Gasteiger partial charge < -0.3 is 14.7 Å². The van der Waals surface area contributed by atoms with Crippen LogP contribution in [-0.4, -0.2) is 70.9 Å². The van der Waals surface area contributed by atoms with Gasteiger partial charge in [-0.1, -0.05) is 43.5 Å². The minimum Gasteiger partial charge on any atom is -0.367 e. The van der Waals surface area contributed by atoms with Crippen LogP contribution in [0, 0.1) is 0 Å². The Labute approximate surface area is 189 Å². The van der Waals surface area contributed by atoms with Crippen molar-refractivity contribution < 1.29 is 9.59 Å². The zero-order valence-corrected chi connectivity index (χ0v) is 18.8. The second-order valence-electron chi connectivity index (χ2n) is 7.66. The summed E-state index contributed by atoms with van der Waals surface area (Å²) in [5.74, 6) is -0.0909. The van der Waals surface area contributed by atoms with E-state index in [1.807, 2.05) is 29.2 Å². The quantitative estimate of drug-likeness (QED) is 0.555. The Balaban J connectivity index is 1.53. The lowest BCUT2D eigenvalue weighted by atomic mass is 10.2. The number of unbranched alkanes of at least 4 members (excludes halogenated alkanes) is 2. The number of benzene rings is 1. The van der Waals surface area contributed by atoms with Gasteiger partial charge in [0.1, 0.15) is 5.69 Å². The number of nitrogens with zero attached hydrogens (tertiary/aromatic N) is 5. The molecule has 31 heavy (non-hydrogen) atoms. The summed E-state index contributed by atoms with van der Waals surface area (Å²) in [7, 11) is 0. The molecule has 0 atom stereocenters. The maximum Gasteiger partial charge on any atom is 0.274 e. The molecule has 1 aliphatic rings. The second-order valence-corrected chi connectivity index (χ2v) is 8.07. The van der Waals surface area contributed by atoms with Gasteiger partial charge in [-0.15, -0.1) is 0 Å². The Morgan fingerprint density at radius 2 is 1.84 bits per heavy atom. The van der Waals surface area contributed by atoms with E-state index in [1.165, 1.54) is 12.4 Å². The summed E-state index contributed by atoms with van der Waals surface area (Å²) in [6.07, 6.45) is 7.87. The van der Waals surface area contributed by atoms with E-state index >= 15 is 0 Å². The van der Waals surface area contributed by atoms with E-state index < -0.39 is 0 Å². The smallest absolute Gasteiger partial charge is 0.274 e. The molecule has 2 amide bonds. The van der Waals surface area contributed by atoms with E-state index in [4.69, 9.17) is 11.6 Å². The highest BCUT2D eigenvalue weighted by atomic mass is 35.5. The third-order valence-corrected chi connectivity index (χ3v) is 5.84. The standard InChI is InChI=1S/C23H30ClN5O2/c1-2-3-6-12-29(23(31)20-18-25-10-11-26-20)13-9-22(30)28-16-14-27(15-17-28)21-8-5-4-7-19(21)24/h4-5,7-8,10-11,18H,2-3,6,9,12-17H2,1H3. The van der Waals surface area contributed by atoms with Gasteiger partial charge in [0.25, 0.3) is 5.91 Å². The first kappa shape index (κ1) is 23.0. The van der Waals surface area contributed by atoms with Crippen LogP contribution in [0.2, 0.25) is 5.02 Å². The highest BCUT2D eigenvalue weighted by Gasteiger charge is 2.24. The largest absolute Gasteiger partial charge is 0.367 e. The minimum atomic E-state index is -0.166. The Morgan fingerprint density at radius 3 is 2.52 bits per heavy atom. The normalized spacial score (nSPS) is 13.9. The first-order chi connectivity index (χ1) is 15.1. The third kappa shape index (κ3) is 6.40. The molecule has 1 aromatic heterocycles. The van der Waals surface area contributed by atoms with E-state index in [-0.39, 0.29) is 11.8 Å². The molecule has 3 rings (SSSR count). The molecule has 0 spiro atoms. The summed E-state index contributed by atoms with van der Waals surface area (Å²) in [5, 5.41) is 0.729. The lowest BCUT2D eigenvalue weighted by Crippen LogP contribution is -2.49. The number of para-hydroxylation sites is 1. The summed E-state index contributed by atoms with van der Waals surface area (Å²) in [4.78, 5) is 39.6. The first-order valence-corrected chi connectivity index (χ1v) is 11.3. The Hall–Kier alpha value is -2.67. The average molecular weight is 444 g/mol. The predicted octanol–water partition coefficient (Wildman–Crippen LogP) is 3.50. The molecule has 0 bridgehead atoms. The lowest BCUT2D eigenvalue weighted by molar-refractivity contribution is -0.131. The van der Waals surface area contributed by atoms with Gasteiger partial charge in [0.05, 0.1) is 16.9 Å². The number of carbonyl (C=O) groups is 2. The molecule has 1 aliphatic heterocycles. The molecule has 0 aliphatic carbocycles. The van der Waals surface area contributed by atoms with Crippen LogP contribution in [-0.2, 0) is 4.79 Å². The molecule has 0 saturated carbocycles. The number of carbonyl (C=O) groups excluding carboxylic acids is 2. The van der Waals surface area contributed by atoms with Crippen molar-refractivity contribution in [2.75, 3.05) is 44.2 Å². The van der Waals surface area contributed by atoms with Crippen molar-refractivity contribution >= 4 is 29.1 Å². The van der Waals surface area contributed by atoms with Crippen LogP contribution in [0.5, 0.6) is 0 Å².